The molecular weight excluding hydrogens is 188 g/mol. The normalized spacial score (nSPS) is 11.0. The molecule has 4 nitrogen and oxygen atoms in total. The van der Waals surface area contributed by atoms with Gasteiger partial charge in [-0.3, -0.25) is 4.40 Å². The van der Waals surface area contributed by atoms with Gasteiger partial charge in [-0.1, -0.05) is 18.2 Å². The lowest BCUT2D eigenvalue weighted by Gasteiger charge is -1.98. The van der Waals surface area contributed by atoms with Crippen molar-refractivity contribution < 1.29 is 0 Å². The van der Waals surface area contributed by atoms with Crippen molar-refractivity contribution in [3.05, 3.63) is 48.5 Å². The van der Waals surface area contributed by atoms with Crippen LogP contribution in [0.3, 0.4) is 0 Å². The highest BCUT2D eigenvalue weighted by Crippen LogP contribution is 2.11. The molecule has 2 aromatic heterocycles. The van der Waals surface area contributed by atoms with Crippen LogP contribution in [0.1, 0.15) is 5.82 Å². The third-order valence-corrected chi connectivity index (χ3v) is 2.40. The molecule has 4 heteroatoms. The maximum Gasteiger partial charge on any atom is 0.236 e. The molecule has 0 unspecified atom stereocenters. The summed E-state index contributed by atoms with van der Waals surface area (Å²) in [7, 11) is 0. The van der Waals surface area contributed by atoms with E-state index in [-0.39, 0.29) is 0 Å². The standard InChI is InChI=1S/C11H10N4/c1-9-13-15(10-5-3-2-4-6-10)11-12-7-8-14(9)11/h2-8H,1H3. The maximum absolute atomic E-state index is 4.44. The molecule has 15 heavy (non-hydrogen) atoms. The number of fused-ring (bicyclic) bond motifs is 1. The summed E-state index contributed by atoms with van der Waals surface area (Å²) in [6.45, 7) is 1.97. The first-order chi connectivity index (χ1) is 7.36. The van der Waals surface area contributed by atoms with E-state index >= 15 is 0 Å². The number of hydrogen-bond donors (Lipinski definition) is 0. The monoisotopic (exact) mass is 198 g/mol. The highest BCUT2D eigenvalue weighted by atomic mass is 15.4. The lowest BCUT2D eigenvalue weighted by molar-refractivity contribution is 0.874. The molecule has 0 aliphatic rings. The topological polar surface area (TPSA) is 35.1 Å². The molecule has 0 amide bonds. The lowest BCUT2D eigenvalue weighted by Crippen LogP contribution is -1.96. The molecule has 1 aromatic carbocycles. The first kappa shape index (κ1) is 8.23. The van der Waals surface area contributed by atoms with Crippen molar-refractivity contribution in [2.24, 2.45) is 0 Å². The second-order valence-electron chi connectivity index (χ2n) is 3.39. The van der Waals surface area contributed by atoms with Crippen molar-refractivity contribution in [1.82, 2.24) is 19.2 Å². The summed E-state index contributed by atoms with van der Waals surface area (Å²) in [5.41, 5.74) is 1.03. The van der Waals surface area contributed by atoms with Gasteiger partial charge in [-0.15, -0.1) is 0 Å². The summed E-state index contributed by atoms with van der Waals surface area (Å²) in [5, 5.41) is 4.44. The van der Waals surface area contributed by atoms with E-state index in [9.17, 15) is 0 Å². The van der Waals surface area contributed by atoms with Crippen LogP contribution in [0.15, 0.2) is 42.7 Å². The van der Waals surface area contributed by atoms with Crippen molar-refractivity contribution in [2.45, 2.75) is 6.92 Å². The van der Waals surface area contributed by atoms with Crippen molar-refractivity contribution in [1.29, 1.82) is 0 Å². The van der Waals surface area contributed by atoms with Crippen molar-refractivity contribution in [3.63, 3.8) is 0 Å². The van der Waals surface area contributed by atoms with Crippen LogP contribution in [0, 0.1) is 6.92 Å². The van der Waals surface area contributed by atoms with Crippen molar-refractivity contribution in [3.8, 4) is 5.69 Å². The average Bonchev–Trinajstić information content (AvgIpc) is 2.84. The van der Waals surface area contributed by atoms with E-state index in [1.54, 1.807) is 6.20 Å². The number of nitrogens with zero attached hydrogens (tertiary/aromatic N) is 4. The Balaban J connectivity index is 2.32. The van der Waals surface area contributed by atoms with E-state index in [1.807, 2.05) is 52.5 Å². The zero-order valence-electron chi connectivity index (χ0n) is 8.33. The van der Waals surface area contributed by atoms with Crippen LogP contribution in [0.5, 0.6) is 0 Å². The molecule has 0 saturated heterocycles. The minimum atomic E-state index is 0.846. The molecule has 0 fully saturated rings. The van der Waals surface area contributed by atoms with E-state index in [0.29, 0.717) is 0 Å². The number of aryl methyl sites for hydroxylation is 1. The van der Waals surface area contributed by atoms with Gasteiger partial charge in [-0.2, -0.15) is 9.78 Å². The van der Waals surface area contributed by atoms with Crippen LogP contribution < -0.4 is 0 Å². The van der Waals surface area contributed by atoms with Gasteiger partial charge in [0.1, 0.15) is 5.82 Å². The van der Waals surface area contributed by atoms with Gasteiger partial charge in [-0.25, -0.2) is 4.98 Å². The van der Waals surface area contributed by atoms with Crippen LogP contribution in [-0.4, -0.2) is 19.2 Å². The largest absolute Gasteiger partial charge is 0.270 e. The van der Waals surface area contributed by atoms with Gasteiger partial charge in [0.25, 0.3) is 0 Å². The highest BCUT2D eigenvalue weighted by Gasteiger charge is 2.08. The number of aromatic nitrogens is 4. The van der Waals surface area contributed by atoms with E-state index < -0.39 is 0 Å². The quantitative estimate of drug-likeness (QED) is 0.598. The number of benzene rings is 1. The Hall–Kier alpha value is -2.10. The van der Waals surface area contributed by atoms with Gasteiger partial charge in [0, 0.05) is 12.4 Å². The minimum absolute atomic E-state index is 0.846. The fourth-order valence-electron chi connectivity index (χ4n) is 1.68. The molecule has 2 heterocycles. The van der Waals surface area contributed by atoms with Gasteiger partial charge >= 0.3 is 0 Å². The van der Waals surface area contributed by atoms with Crippen LogP contribution in [0.25, 0.3) is 11.5 Å². The molecule has 0 aliphatic heterocycles. The Morgan fingerprint density at radius 1 is 1.13 bits per heavy atom. The molecule has 74 valence electrons. The minimum Gasteiger partial charge on any atom is -0.270 e. The molecule has 0 radical (unpaired) electrons. The van der Waals surface area contributed by atoms with Crippen molar-refractivity contribution in [2.75, 3.05) is 0 Å². The SMILES string of the molecule is Cc1nn(-c2ccccc2)c2nccn12. The predicted octanol–water partition coefficient (Wildman–Crippen LogP) is 1.83. The first-order valence-corrected chi connectivity index (χ1v) is 4.80. The summed E-state index contributed by atoms with van der Waals surface area (Å²) in [4.78, 5) is 4.28. The lowest BCUT2D eigenvalue weighted by atomic mass is 10.3. The Morgan fingerprint density at radius 2 is 1.93 bits per heavy atom. The van der Waals surface area contributed by atoms with Crippen LogP contribution in [0.4, 0.5) is 0 Å². The Kier molecular flexibility index (Phi) is 1.62. The Bertz CT molecular complexity index is 591. The molecule has 0 bridgehead atoms. The third-order valence-electron chi connectivity index (χ3n) is 2.40. The van der Waals surface area contributed by atoms with Gasteiger partial charge in [0.05, 0.1) is 5.69 Å². The molecule has 0 saturated carbocycles. The third kappa shape index (κ3) is 1.15. The van der Waals surface area contributed by atoms with E-state index in [4.69, 9.17) is 0 Å². The fourth-order valence-corrected chi connectivity index (χ4v) is 1.68. The second-order valence-corrected chi connectivity index (χ2v) is 3.39. The summed E-state index contributed by atoms with van der Waals surface area (Å²) in [5.74, 6) is 1.78. The second kappa shape index (κ2) is 2.95. The van der Waals surface area contributed by atoms with E-state index in [0.717, 1.165) is 17.3 Å². The molecule has 3 rings (SSSR count). The fraction of sp³-hybridized carbons (Fsp3) is 0.0909. The maximum atomic E-state index is 4.44. The number of imidazole rings is 1. The van der Waals surface area contributed by atoms with Gasteiger partial charge in [0.15, 0.2) is 0 Å². The molecular formula is C11H10N4. The van der Waals surface area contributed by atoms with Crippen molar-refractivity contribution >= 4 is 5.78 Å². The zero-order valence-corrected chi connectivity index (χ0v) is 8.33. The van der Waals surface area contributed by atoms with E-state index in [2.05, 4.69) is 10.1 Å². The summed E-state index contributed by atoms with van der Waals surface area (Å²) >= 11 is 0. The number of para-hydroxylation sites is 1. The first-order valence-electron chi connectivity index (χ1n) is 4.80. The molecule has 3 aromatic rings. The molecule has 0 aliphatic carbocycles. The van der Waals surface area contributed by atoms with E-state index in [1.165, 1.54) is 0 Å². The van der Waals surface area contributed by atoms with Crippen LogP contribution >= 0.6 is 0 Å². The van der Waals surface area contributed by atoms with Crippen LogP contribution in [0.2, 0.25) is 0 Å². The summed E-state index contributed by atoms with van der Waals surface area (Å²) < 4.78 is 3.81. The Labute approximate surface area is 86.8 Å². The van der Waals surface area contributed by atoms with Gasteiger partial charge in [0.2, 0.25) is 5.78 Å². The number of rotatable bonds is 1. The summed E-state index contributed by atoms with van der Waals surface area (Å²) in [6.07, 6.45) is 3.70. The summed E-state index contributed by atoms with van der Waals surface area (Å²) in [6, 6.07) is 10.0. The molecule has 0 N–H and O–H groups in total. The van der Waals surface area contributed by atoms with Gasteiger partial charge < -0.3 is 0 Å². The molecule has 0 spiro atoms. The zero-order chi connectivity index (χ0) is 10.3. The Morgan fingerprint density at radius 3 is 2.73 bits per heavy atom. The predicted molar refractivity (Wildman–Crippen MR) is 57.1 cm³/mol. The molecule has 0 atom stereocenters. The van der Waals surface area contributed by atoms with Gasteiger partial charge in [-0.05, 0) is 19.1 Å². The van der Waals surface area contributed by atoms with Crippen LogP contribution in [-0.2, 0) is 0 Å². The highest BCUT2D eigenvalue weighted by molar-refractivity contribution is 5.42. The number of hydrogen-bond acceptors (Lipinski definition) is 2. The smallest absolute Gasteiger partial charge is 0.236 e. The average molecular weight is 198 g/mol.